The fraction of sp³-hybridized carbons (Fsp3) is 0.467. The summed E-state index contributed by atoms with van der Waals surface area (Å²) in [6.07, 6.45) is 5.82. The van der Waals surface area contributed by atoms with Crippen LogP contribution in [0.2, 0.25) is 0 Å². The summed E-state index contributed by atoms with van der Waals surface area (Å²) in [6, 6.07) is 5.64. The quantitative estimate of drug-likeness (QED) is 0.629. The van der Waals surface area contributed by atoms with E-state index in [0.29, 0.717) is 18.7 Å². The van der Waals surface area contributed by atoms with Crippen molar-refractivity contribution in [3.05, 3.63) is 28.2 Å². The molecule has 0 amide bonds. The smallest absolute Gasteiger partial charge is 0.148 e. The zero-order valence-corrected chi connectivity index (χ0v) is 13.1. The van der Waals surface area contributed by atoms with Crippen molar-refractivity contribution in [1.82, 2.24) is 5.32 Å². The molecular formula is C15H20BrNO3. The third-order valence-electron chi connectivity index (χ3n) is 3.27. The Hall–Kier alpha value is -1.06. The van der Waals surface area contributed by atoms with Gasteiger partial charge in [0.1, 0.15) is 12.4 Å². The number of terminal acetylenes is 1. The SMILES string of the molecule is C#CCOc1ccc(Br)cc1CNC(CC)(CO)CO. The second-order valence-corrected chi connectivity index (χ2v) is 5.46. The van der Waals surface area contributed by atoms with Crippen molar-refractivity contribution in [3.8, 4) is 18.1 Å². The maximum absolute atomic E-state index is 9.43. The molecule has 0 aliphatic carbocycles. The lowest BCUT2D eigenvalue weighted by Gasteiger charge is -2.30. The van der Waals surface area contributed by atoms with E-state index in [1.165, 1.54) is 0 Å². The fourth-order valence-corrected chi connectivity index (χ4v) is 2.15. The predicted octanol–water partition coefficient (Wildman–Crippen LogP) is 1.68. The number of aliphatic hydroxyl groups is 2. The highest BCUT2D eigenvalue weighted by Gasteiger charge is 2.26. The third kappa shape index (κ3) is 4.50. The van der Waals surface area contributed by atoms with Crippen molar-refractivity contribution >= 4 is 15.9 Å². The van der Waals surface area contributed by atoms with E-state index in [1.807, 2.05) is 25.1 Å². The van der Waals surface area contributed by atoms with Crippen LogP contribution in [0.4, 0.5) is 0 Å². The standard InChI is InChI=1S/C15H20BrNO3/c1-3-7-20-14-6-5-13(16)8-12(14)9-17-15(4-2,10-18)11-19/h1,5-6,8,17-19H,4,7,9-11H2,2H3. The lowest BCUT2D eigenvalue weighted by atomic mass is 9.98. The van der Waals surface area contributed by atoms with E-state index in [-0.39, 0.29) is 19.8 Å². The molecule has 0 aliphatic heterocycles. The fourth-order valence-electron chi connectivity index (χ4n) is 1.74. The number of hydrogen-bond donors (Lipinski definition) is 3. The monoisotopic (exact) mass is 341 g/mol. The number of nitrogens with one attached hydrogen (secondary N) is 1. The molecule has 5 heteroatoms. The van der Waals surface area contributed by atoms with Gasteiger partial charge in [-0.25, -0.2) is 0 Å². The van der Waals surface area contributed by atoms with Crippen LogP contribution in [0.5, 0.6) is 5.75 Å². The van der Waals surface area contributed by atoms with Gasteiger partial charge in [-0.1, -0.05) is 28.8 Å². The highest BCUT2D eigenvalue weighted by Crippen LogP contribution is 2.24. The number of halogens is 1. The Morgan fingerprint density at radius 2 is 2.10 bits per heavy atom. The largest absolute Gasteiger partial charge is 0.481 e. The average molecular weight is 342 g/mol. The Balaban J connectivity index is 2.85. The summed E-state index contributed by atoms with van der Waals surface area (Å²) in [5, 5.41) is 22.1. The van der Waals surface area contributed by atoms with Gasteiger partial charge in [-0.2, -0.15) is 0 Å². The molecule has 0 bridgehead atoms. The van der Waals surface area contributed by atoms with Gasteiger partial charge in [-0.15, -0.1) is 6.42 Å². The zero-order chi connectivity index (χ0) is 15.0. The number of hydrogen-bond acceptors (Lipinski definition) is 4. The van der Waals surface area contributed by atoms with Crippen LogP contribution in [-0.4, -0.2) is 35.6 Å². The minimum absolute atomic E-state index is 0.130. The molecular weight excluding hydrogens is 322 g/mol. The van der Waals surface area contributed by atoms with Crippen LogP contribution >= 0.6 is 15.9 Å². The lowest BCUT2D eigenvalue weighted by Crippen LogP contribution is -2.50. The molecule has 0 radical (unpaired) electrons. The minimum Gasteiger partial charge on any atom is -0.481 e. The molecule has 4 nitrogen and oxygen atoms in total. The van der Waals surface area contributed by atoms with E-state index >= 15 is 0 Å². The maximum Gasteiger partial charge on any atom is 0.148 e. The van der Waals surface area contributed by atoms with E-state index in [0.717, 1.165) is 10.0 Å². The predicted molar refractivity (Wildman–Crippen MR) is 82.5 cm³/mol. The van der Waals surface area contributed by atoms with Gasteiger partial charge in [0.05, 0.1) is 18.8 Å². The second-order valence-electron chi connectivity index (χ2n) is 4.55. The number of rotatable bonds is 8. The topological polar surface area (TPSA) is 61.7 Å². The summed E-state index contributed by atoms with van der Waals surface area (Å²) in [6.45, 7) is 2.32. The van der Waals surface area contributed by atoms with Crippen molar-refractivity contribution < 1.29 is 14.9 Å². The normalized spacial score (nSPS) is 11.2. The van der Waals surface area contributed by atoms with Crippen LogP contribution < -0.4 is 10.1 Å². The van der Waals surface area contributed by atoms with E-state index < -0.39 is 5.54 Å². The zero-order valence-electron chi connectivity index (χ0n) is 11.5. The summed E-state index contributed by atoms with van der Waals surface area (Å²) in [5.41, 5.74) is 0.223. The molecule has 1 aromatic rings. The van der Waals surface area contributed by atoms with E-state index in [1.54, 1.807) is 0 Å². The van der Waals surface area contributed by atoms with Gasteiger partial charge in [0, 0.05) is 16.6 Å². The molecule has 1 rings (SSSR count). The molecule has 0 saturated carbocycles. The Morgan fingerprint density at radius 3 is 2.65 bits per heavy atom. The van der Waals surface area contributed by atoms with Gasteiger partial charge in [-0.3, -0.25) is 0 Å². The molecule has 0 spiro atoms. The lowest BCUT2D eigenvalue weighted by molar-refractivity contribution is 0.0862. The summed E-state index contributed by atoms with van der Waals surface area (Å²) >= 11 is 3.41. The van der Waals surface area contributed by atoms with Gasteiger partial charge in [0.15, 0.2) is 0 Å². The number of ether oxygens (including phenoxy) is 1. The van der Waals surface area contributed by atoms with E-state index in [9.17, 15) is 10.2 Å². The molecule has 0 heterocycles. The first-order valence-corrected chi connectivity index (χ1v) is 7.21. The molecule has 0 unspecified atom stereocenters. The minimum atomic E-state index is -0.689. The third-order valence-corrected chi connectivity index (χ3v) is 3.76. The Labute approximate surface area is 128 Å². The van der Waals surface area contributed by atoms with Gasteiger partial charge >= 0.3 is 0 Å². The molecule has 3 N–H and O–H groups in total. The second kappa shape index (κ2) is 8.28. The van der Waals surface area contributed by atoms with Gasteiger partial charge < -0.3 is 20.3 Å². The first-order valence-electron chi connectivity index (χ1n) is 6.42. The summed E-state index contributed by atoms with van der Waals surface area (Å²) < 4.78 is 6.41. The van der Waals surface area contributed by atoms with Crippen molar-refractivity contribution in [2.24, 2.45) is 0 Å². The Bertz CT molecular complexity index is 458. The van der Waals surface area contributed by atoms with Crippen molar-refractivity contribution in [2.45, 2.75) is 25.4 Å². The summed E-state index contributed by atoms with van der Waals surface area (Å²) in [7, 11) is 0. The van der Waals surface area contributed by atoms with Crippen LogP contribution in [-0.2, 0) is 6.54 Å². The van der Waals surface area contributed by atoms with Crippen LogP contribution in [0.25, 0.3) is 0 Å². The Morgan fingerprint density at radius 1 is 1.40 bits per heavy atom. The molecule has 0 atom stereocenters. The summed E-state index contributed by atoms with van der Waals surface area (Å²) in [5.74, 6) is 3.12. The van der Waals surface area contributed by atoms with Crippen molar-refractivity contribution in [3.63, 3.8) is 0 Å². The van der Waals surface area contributed by atoms with Crippen LogP contribution in [0.1, 0.15) is 18.9 Å². The van der Waals surface area contributed by atoms with Gasteiger partial charge in [0.25, 0.3) is 0 Å². The first kappa shape index (κ1) is 17.0. The molecule has 0 saturated heterocycles. The Kier molecular flexibility index (Phi) is 7.03. The molecule has 0 aliphatic rings. The molecule has 0 aromatic heterocycles. The number of aliphatic hydroxyl groups excluding tert-OH is 2. The van der Waals surface area contributed by atoms with E-state index in [2.05, 4.69) is 27.2 Å². The van der Waals surface area contributed by atoms with Crippen LogP contribution in [0.15, 0.2) is 22.7 Å². The summed E-state index contributed by atoms with van der Waals surface area (Å²) in [4.78, 5) is 0. The van der Waals surface area contributed by atoms with Crippen LogP contribution in [0.3, 0.4) is 0 Å². The molecule has 20 heavy (non-hydrogen) atoms. The van der Waals surface area contributed by atoms with Crippen molar-refractivity contribution in [2.75, 3.05) is 19.8 Å². The van der Waals surface area contributed by atoms with E-state index in [4.69, 9.17) is 11.2 Å². The average Bonchev–Trinajstić information content (AvgIpc) is 2.48. The van der Waals surface area contributed by atoms with Crippen LogP contribution in [0, 0.1) is 12.3 Å². The van der Waals surface area contributed by atoms with Crippen molar-refractivity contribution in [1.29, 1.82) is 0 Å². The number of benzene rings is 1. The molecule has 0 fully saturated rings. The highest BCUT2D eigenvalue weighted by atomic mass is 79.9. The molecule has 1 aromatic carbocycles. The highest BCUT2D eigenvalue weighted by molar-refractivity contribution is 9.10. The van der Waals surface area contributed by atoms with Gasteiger partial charge in [-0.05, 0) is 24.6 Å². The first-order chi connectivity index (χ1) is 9.60. The van der Waals surface area contributed by atoms with Gasteiger partial charge in [0.2, 0.25) is 0 Å². The molecule has 110 valence electrons. The maximum atomic E-state index is 9.43.